The standard InChI is InChI=1S/C30H24N2O7S/c1-3-37-29(35)25-26(18-7-5-4-6-8-18)31-30-32(27(25)19-10-12-21-23(15-19)39-16-38-21)28(34)24(40-30)14-17-9-11-20(33)22(13-17)36-2/h4-15,27,33H,3,16H2,1-2H3/t27-/m1/s1. The lowest BCUT2D eigenvalue weighted by atomic mass is 9.93. The molecule has 10 heteroatoms. The Bertz CT molecular complexity index is 1840. The molecule has 2 aliphatic rings. The Balaban J connectivity index is 1.63. The van der Waals surface area contributed by atoms with E-state index in [0.29, 0.717) is 37.7 Å². The van der Waals surface area contributed by atoms with Crippen LogP contribution in [-0.2, 0) is 9.53 Å². The number of carbonyl (C=O) groups is 1. The predicted molar refractivity (Wildman–Crippen MR) is 148 cm³/mol. The first-order valence-electron chi connectivity index (χ1n) is 12.5. The number of benzene rings is 3. The van der Waals surface area contributed by atoms with Crippen molar-refractivity contribution in [3.05, 3.63) is 109 Å². The zero-order chi connectivity index (χ0) is 27.8. The number of aromatic nitrogens is 1. The first-order valence-corrected chi connectivity index (χ1v) is 13.3. The highest BCUT2D eigenvalue weighted by Gasteiger charge is 2.36. The molecule has 0 spiro atoms. The average molecular weight is 557 g/mol. The van der Waals surface area contributed by atoms with E-state index in [4.69, 9.17) is 23.9 Å². The molecule has 0 saturated carbocycles. The molecular formula is C30H24N2O7S. The zero-order valence-corrected chi connectivity index (χ0v) is 22.4. The predicted octanol–water partition coefficient (Wildman–Crippen LogP) is 3.38. The number of thiazole rings is 1. The molecule has 4 aromatic rings. The molecule has 0 unspecified atom stereocenters. The van der Waals surface area contributed by atoms with Gasteiger partial charge in [0.05, 0.1) is 35.6 Å². The minimum Gasteiger partial charge on any atom is -0.504 e. The number of carbonyl (C=O) groups excluding carboxylic acids is 1. The van der Waals surface area contributed by atoms with E-state index in [0.717, 1.165) is 5.56 Å². The van der Waals surface area contributed by atoms with Crippen molar-refractivity contribution in [1.29, 1.82) is 0 Å². The number of hydrogen-bond donors (Lipinski definition) is 1. The third kappa shape index (κ3) is 4.42. The molecule has 1 aromatic heterocycles. The van der Waals surface area contributed by atoms with E-state index in [2.05, 4.69) is 0 Å². The average Bonchev–Trinajstić information content (AvgIpc) is 3.57. The zero-order valence-electron chi connectivity index (χ0n) is 21.6. The van der Waals surface area contributed by atoms with Crippen LogP contribution in [0.1, 0.15) is 29.7 Å². The van der Waals surface area contributed by atoms with Crippen LogP contribution in [0.25, 0.3) is 11.8 Å². The minimum atomic E-state index is -0.837. The van der Waals surface area contributed by atoms with Gasteiger partial charge < -0.3 is 24.1 Å². The molecule has 202 valence electrons. The van der Waals surface area contributed by atoms with Gasteiger partial charge in [0.15, 0.2) is 27.8 Å². The van der Waals surface area contributed by atoms with Crippen LogP contribution in [0.2, 0.25) is 0 Å². The highest BCUT2D eigenvalue weighted by atomic mass is 32.1. The molecule has 0 aliphatic carbocycles. The summed E-state index contributed by atoms with van der Waals surface area (Å²) in [6.45, 7) is 1.98. The Hall–Kier alpha value is -4.83. The van der Waals surface area contributed by atoms with E-state index in [1.54, 1.807) is 37.3 Å². The topological polar surface area (TPSA) is 109 Å². The summed E-state index contributed by atoms with van der Waals surface area (Å²) < 4.78 is 23.8. The Kier molecular flexibility index (Phi) is 6.61. The number of methoxy groups -OCH3 is 1. The maximum absolute atomic E-state index is 14.0. The van der Waals surface area contributed by atoms with Crippen LogP contribution in [0.3, 0.4) is 0 Å². The lowest BCUT2D eigenvalue weighted by Crippen LogP contribution is -2.40. The van der Waals surface area contributed by atoms with E-state index >= 15 is 0 Å². The molecule has 3 heterocycles. The molecule has 1 atom stereocenters. The van der Waals surface area contributed by atoms with Crippen molar-refractivity contribution in [2.75, 3.05) is 20.5 Å². The van der Waals surface area contributed by atoms with Crippen molar-refractivity contribution >= 4 is 29.1 Å². The molecule has 9 nitrogen and oxygen atoms in total. The number of rotatable bonds is 6. The molecule has 2 aliphatic heterocycles. The van der Waals surface area contributed by atoms with Crippen LogP contribution < -0.4 is 29.1 Å². The summed E-state index contributed by atoms with van der Waals surface area (Å²) in [5.41, 5.74) is 2.38. The number of phenols is 1. The third-order valence-electron chi connectivity index (χ3n) is 6.59. The van der Waals surface area contributed by atoms with E-state index in [1.807, 2.05) is 36.4 Å². The highest BCUT2D eigenvalue weighted by Crippen LogP contribution is 2.40. The Morgan fingerprint density at radius 1 is 1.12 bits per heavy atom. The van der Waals surface area contributed by atoms with E-state index in [-0.39, 0.29) is 36.0 Å². The van der Waals surface area contributed by atoms with E-state index < -0.39 is 12.0 Å². The normalized spacial score (nSPS) is 15.9. The number of hydrogen-bond acceptors (Lipinski definition) is 9. The van der Waals surface area contributed by atoms with Crippen molar-refractivity contribution in [2.45, 2.75) is 13.0 Å². The molecule has 0 amide bonds. The summed E-state index contributed by atoms with van der Waals surface area (Å²) in [5, 5.41) is 9.99. The van der Waals surface area contributed by atoms with Gasteiger partial charge in [-0.05, 0) is 48.4 Å². The van der Waals surface area contributed by atoms with Crippen LogP contribution >= 0.6 is 11.3 Å². The lowest BCUT2D eigenvalue weighted by Gasteiger charge is -2.26. The summed E-state index contributed by atoms with van der Waals surface area (Å²) in [5.74, 6) is 0.830. The largest absolute Gasteiger partial charge is 0.504 e. The van der Waals surface area contributed by atoms with E-state index in [1.165, 1.54) is 29.1 Å². The summed E-state index contributed by atoms with van der Waals surface area (Å²) >= 11 is 1.21. The van der Waals surface area contributed by atoms with Gasteiger partial charge in [-0.25, -0.2) is 9.79 Å². The van der Waals surface area contributed by atoms with Crippen LogP contribution in [-0.4, -0.2) is 36.2 Å². The van der Waals surface area contributed by atoms with Gasteiger partial charge in [0.1, 0.15) is 0 Å². The summed E-state index contributed by atoms with van der Waals surface area (Å²) in [4.78, 5) is 32.8. The quantitative estimate of drug-likeness (QED) is 0.363. The molecule has 0 radical (unpaired) electrons. The van der Waals surface area contributed by atoms with Crippen molar-refractivity contribution < 1.29 is 28.8 Å². The molecule has 1 N–H and O–H groups in total. The Labute approximate surface area is 232 Å². The van der Waals surface area contributed by atoms with Gasteiger partial charge in [0.25, 0.3) is 5.56 Å². The van der Waals surface area contributed by atoms with Gasteiger partial charge >= 0.3 is 5.97 Å². The van der Waals surface area contributed by atoms with Crippen LogP contribution in [0.5, 0.6) is 23.0 Å². The summed E-state index contributed by atoms with van der Waals surface area (Å²) in [6, 6.07) is 18.7. The monoisotopic (exact) mass is 556 g/mol. The first kappa shape index (κ1) is 25.4. The second-order valence-corrected chi connectivity index (χ2v) is 9.98. The number of aromatic hydroxyl groups is 1. The molecule has 3 aromatic carbocycles. The van der Waals surface area contributed by atoms with Crippen LogP contribution in [0, 0.1) is 0 Å². The smallest absolute Gasteiger partial charge is 0.338 e. The first-order chi connectivity index (χ1) is 19.5. The van der Waals surface area contributed by atoms with Gasteiger partial charge in [0.2, 0.25) is 6.79 Å². The Morgan fingerprint density at radius 3 is 2.70 bits per heavy atom. The maximum Gasteiger partial charge on any atom is 0.338 e. The fourth-order valence-electron chi connectivity index (χ4n) is 4.77. The highest BCUT2D eigenvalue weighted by molar-refractivity contribution is 7.07. The maximum atomic E-state index is 14.0. The fraction of sp³-hybridized carbons (Fsp3) is 0.167. The van der Waals surface area contributed by atoms with Crippen molar-refractivity contribution in [1.82, 2.24) is 4.57 Å². The van der Waals surface area contributed by atoms with Crippen LogP contribution in [0.4, 0.5) is 0 Å². The SMILES string of the molecule is CCOC(=O)C1=C(c2ccccc2)N=c2sc(=Cc3ccc(O)c(OC)c3)c(=O)n2[C@@H]1c1ccc2c(c1)OCO2. The van der Waals surface area contributed by atoms with Gasteiger partial charge in [-0.1, -0.05) is 53.8 Å². The van der Waals surface area contributed by atoms with Gasteiger partial charge in [-0.3, -0.25) is 9.36 Å². The third-order valence-corrected chi connectivity index (χ3v) is 7.57. The van der Waals surface area contributed by atoms with Gasteiger partial charge in [-0.2, -0.15) is 0 Å². The number of nitrogens with zero attached hydrogens (tertiary/aromatic N) is 2. The van der Waals surface area contributed by atoms with Gasteiger partial charge in [-0.15, -0.1) is 0 Å². The van der Waals surface area contributed by atoms with Crippen molar-refractivity contribution in [2.24, 2.45) is 4.99 Å². The fourth-order valence-corrected chi connectivity index (χ4v) is 5.78. The number of phenolic OH excluding ortho intramolecular Hbond substituents is 1. The Morgan fingerprint density at radius 2 is 1.93 bits per heavy atom. The molecule has 0 saturated heterocycles. The number of ether oxygens (including phenoxy) is 4. The van der Waals surface area contributed by atoms with E-state index in [9.17, 15) is 14.7 Å². The molecule has 6 rings (SSSR count). The molecule has 40 heavy (non-hydrogen) atoms. The summed E-state index contributed by atoms with van der Waals surface area (Å²) in [6.07, 6.45) is 1.71. The number of esters is 1. The number of fused-ring (bicyclic) bond motifs is 2. The van der Waals surface area contributed by atoms with Crippen molar-refractivity contribution in [3.8, 4) is 23.0 Å². The minimum absolute atomic E-state index is 0.00417. The molecule has 0 fully saturated rings. The van der Waals surface area contributed by atoms with Crippen LogP contribution in [0.15, 0.2) is 82.1 Å². The second kappa shape index (κ2) is 10.4. The molecular weight excluding hydrogens is 532 g/mol. The second-order valence-electron chi connectivity index (χ2n) is 8.98. The van der Waals surface area contributed by atoms with Crippen molar-refractivity contribution in [3.63, 3.8) is 0 Å². The molecule has 0 bridgehead atoms. The lowest BCUT2D eigenvalue weighted by molar-refractivity contribution is -0.138. The summed E-state index contributed by atoms with van der Waals surface area (Å²) in [7, 11) is 1.46. The van der Waals surface area contributed by atoms with Gasteiger partial charge in [0, 0.05) is 5.56 Å².